The van der Waals surface area contributed by atoms with Crippen molar-refractivity contribution < 1.29 is 4.84 Å². The van der Waals surface area contributed by atoms with Crippen molar-refractivity contribution in [2.24, 2.45) is 5.92 Å². The Morgan fingerprint density at radius 1 is 1.40 bits per heavy atom. The molecule has 0 saturated heterocycles. The van der Waals surface area contributed by atoms with Gasteiger partial charge in [0.2, 0.25) is 0 Å². The maximum Gasteiger partial charge on any atom is 0.0702 e. The van der Waals surface area contributed by atoms with Crippen molar-refractivity contribution in [1.29, 1.82) is 0 Å². The number of hydrogen-bond donors (Lipinski definition) is 0. The van der Waals surface area contributed by atoms with Crippen LogP contribution in [0.4, 0.5) is 0 Å². The highest BCUT2D eigenvalue weighted by atomic mass is 16.6. The lowest BCUT2D eigenvalue weighted by Gasteiger charge is -2.03. The molecule has 2 heteroatoms. The number of hydrogen-bond acceptors (Lipinski definition) is 1. The Labute approximate surface area is 63.9 Å². The number of rotatable bonds is 6. The molecular weight excluding hydrogens is 126 g/mol. The van der Waals surface area contributed by atoms with E-state index >= 15 is 0 Å². The molecule has 0 spiro atoms. The Bertz CT molecular complexity index is 64.3. The third-order valence-electron chi connectivity index (χ3n) is 1.12. The zero-order valence-corrected chi connectivity index (χ0v) is 7.26. The number of nitrogens with zero attached hydrogens (tertiary/aromatic N) is 1. The second-order valence-corrected chi connectivity index (χ2v) is 2.89. The predicted octanol–water partition coefficient (Wildman–Crippen LogP) is 1.98. The van der Waals surface area contributed by atoms with Crippen molar-refractivity contribution in [3.63, 3.8) is 0 Å². The molecule has 0 bridgehead atoms. The average Bonchev–Trinajstić information content (AvgIpc) is 1.87. The fourth-order valence-electron chi connectivity index (χ4n) is 0.475. The molecule has 0 heterocycles. The summed E-state index contributed by atoms with van der Waals surface area (Å²) >= 11 is 0. The minimum absolute atomic E-state index is 0.613. The maximum atomic E-state index is 5.01. The second kappa shape index (κ2) is 7.03. The van der Waals surface area contributed by atoms with Crippen molar-refractivity contribution in [2.75, 3.05) is 13.2 Å². The van der Waals surface area contributed by atoms with Gasteiger partial charge >= 0.3 is 0 Å². The molecule has 0 unspecified atom stereocenters. The topological polar surface area (TPSA) is 23.3 Å². The van der Waals surface area contributed by atoms with Crippen molar-refractivity contribution in [3.05, 3.63) is 0 Å². The van der Waals surface area contributed by atoms with Gasteiger partial charge in [0, 0.05) is 6.54 Å². The first-order valence-electron chi connectivity index (χ1n) is 4.06. The molecule has 0 saturated carbocycles. The summed E-state index contributed by atoms with van der Waals surface area (Å²) < 4.78 is 0. The summed E-state index contributed by atoms with van der Waals surface area (Å²) in [6, 6.07) is 0. The second-order valence-electron chi connectivity index (χ2n) is 2.89. The minimum Gasteiger partial charge on any atom is -0.282 e. The van der Waals surface area contributed by atoms with Crippen molar-refractivity contribution >= 4 is 0 Å². The molecule has 0 aliphatic rings. The van der Waals surface area contributed by atoms with Gasteiger partial charge in [0.1, 0.15) is 0 Å². The molecule has 10 heavy (non-hydrogen) atoms. The van der Waals surface area contributed by atoms with Gasteiger partial charge in [-0.15, -0.1) is 0 Å². The van der Waals surface area contributed by atoms with Crippen LogP contribution in [0.3, 0.4) is 0 Å². The van der Waals surface area contributed by atoms with Gasteiger partial charge in [0.15, 0.2) is 0 Å². The quantitative estimate of drug-likeness (QED) is 0.413. The smallest absolute Gasteiger partial charge is 0.0702 e. The van der Waals surface area contributed by atoms with E-state index < -0.39 is 0 Å². The van der Waals surface area contributed by atoms with E-state index in [1.165, 1.54) is 6.42 Å². The Morgan fingerprint density at radius 2 is 2.10 bits per heavy atom. The van der Waals surface area contributed by atoms with Gasteiger partial charge < -0.3 is 0 Å². The van der Waals surface area contributed by atoms with E-state index in [-0.39, 0.29) is 0 Å². The van der Waals surface area contributed by atoms with E-state index in [0.29, 0.717) is 5.92 Å². The van der Waals surface area contributed by atoms with Gasteiger partial charge in [-0.05, 0) is 12.3 Å². The van der Waals surface area contributed by atoms with E-state index in [1.54, 1.807) is 0 Å². The highest BCUT2D eigenvalue weighted by molar-refractivity contribution is 4.41. The molecule has 0 N–H and O–H groups in total. The standard InChI is InChI=1S/C8H18NO/c1-4-5-6-10-9-7-8(2)3/h8H,4-7H2,1-3H3. The number of unbranched alkanes of at least 4 members (excludes halogenated alkanes) is 1. The highest BCUT2D eigenvalue weighted by Crippen LogP contribution is 1.90. The van der Waals surface area contributed by atoms with Crippen LogP contribution in [0.25, 0.3) is 0 Å². The van der Waals surface area contributed by atoms with Crippen molar-refractivity contribution in [3.8, 4) is 0 Å². The Kier molecular flexibility index (Phi) is 6.98. The third-order valence-corrected chi connectivity index (χ3v) is 1.12. The highest BCUT2D eigenvalue weighted by Gasteiger charge is 1.93. The molecule has 0 aliphatic heterocycles. The molecule has 0 aromatic rings. The molecule has 0 aliphatic carbocycles. The molecule has 1 radical (unpaired) electrons. The van der Waals surface area contributed by atoms with Gasteiger partial charge in [-0.3, -0.25) is 4.84 Å². The summed E-state index contributed by atoms with van der Waals surface area (Å²) in [4.78, 5) is 5.01. The van der Waals surface area contributed by atoms with Crippen LogP contribution in [0.5, 0.6) is 0 Å². The van der Waals surface area contributed by atoms with Crippen LogP contribution in [0.1, 0.15) is 33.6 Å². The first kappa shape index (κ1) is 9.92. The normalized spacial score (nSPS) is 10.8. The zero-order valence-electron chi connectivity index (χ0n) is 7.26. The van der Waals surface area contributed by atoms with Crippen LogP contribution in [0.15, 0.2) is 0 Å². The Hall–Kier alpha value is -0.0800. The lowest BCUT2D eigenvalue weighted by atomic mass is 10.2. The van der Waals surface area contributed by atoms with Crippen molar-refractivity contribution in [2.45, 2.75) is 33.6 Å². The van der Waals surface area contributed by atoms with Gasteiger partial charge in [0.05, 0.1) is 6.61 Å². The summed E-state index contributed by atoms with van der Waals surface area (Å²) in [7, 11) is 0. The van der Waals surface area contributed by atoms with Crippen LogP contribution in [0.2, 0.25) is 0 Å². The first-order chi connectivity index (χ1) is 4.77. The average molecular weight is 144 g/mol. The summed E-state index contributed by atoms with van der Waals surface area (Å²) in [5.41, 5.74) is 3.91. The van der Waals surface area contributed by atoms with E-state index in [2.05, 4.69) is 26.3 Å². The SMILES string of the molecule is CCCCO[N]CC(C)C. The summed E-state index contributed by atoms with van der Waals surface area (Å²) in [6.07, 6.45) is 2.29. The monoisotopic (exact) mass is 144 g/mol. The van der Waals surface area contributed by atoms with Crippen LogP contribution in [-0.2, 0) is 4.84 Å². The molecule has 0 amide bonds. The molecular formula is C8H18NO. The van der Waals surface area contributed by atoms with E-state index in [0.717, 1.165) is 19.6 Å². The van der Waals surface area contributed by atoms with Crippen LogP contribution in [0, 0.1) is 5.92 Å². The molecule has 61 valence electrons. The van der Waals surface area contributed by atoms with E-state index in [1.807, 2.05) is 0 Å². The van der Waals surface area contributed by atoms with Crippen LogP contribution < -0.4 is 5.48 Å². The summed E-state index contributed by atoms with van der Waals surface area (Å²) in [5, 5.41) is 0. The van der Waals surface area contributed by atoms with Crippen LogP contribution in [-0.4, -0.2) is 13.2 Å². The van der Waals surface area contributed by atoms with E-state index in [9.17, 15) is 0 Å². The fraction of sp³-hybridized carbons (Fsp3) is 1.00. The number of hydroxylamine groups is 1. The van der Waals surface area contributed by atoms with Gasteiger partial charge in [-0.1, -0.05) is 32.7 Å². The molecule has 2 nitrogen and oxygen atoms in total. The predicted molar refractivity (Wildman–Crippen MR) is 42.7 cm³/mol. The van der Waals surface area contributed by atoms with Crippen LogP contribution >= 0.6 is 0 Å². The first-order valence-corrected chi connectivity index (χ1v) is 4.06. The lowest BCUT2D eigenvalue weighted by Crippen LogP contribution is -2.13. The minimum atomic E-state index is 0.613. The Morgan fingerprint density at radius 3 is 2.60 bits per heavy atom. The van der Waals surface area contributed by atoms with Gasteiger partial charge in [-0.25, -0.2) is 0 Å². The van der Waals surface area contributed by atoms with E-state index in [4.69, 9.17) is 4.84 Å². The molecule has 0 aromatic carbocycles. The summed E-state index contributed by atoms with van der Waals surface area (Å²) in [6.45, 7) is 8.01. The van der Waals surface area contributed by atoms with Crippen molar-refractivity contribution in [1.82, 2.24) is 5.48 Å². The molecule has 0 fully saturated rings. The third kappa shape index (κ3) is 7.92. The van der Waals surface area contributed by atoms with Gasteiger partial charge in [0.25, 0.3) is 0 Å². The Balaban J connectivity index is 2.77. The zero-order chi connectivity index (χ0) is 7.82. The lowest BCUT2D eigenvalue weighted by molar-refractivity contribution is 0.0250. The van der Waals surface area contributed by atoms with Gasteiger partial charge in [-0.2, -0.15) is 0 Å². The fourth-order valence-corrected chi connectivity index (χ4v) is 0.475. The largest absolute Gasteiger partial charge is 0.282 e. The molecule has 0 rings (SSSR count). The molecule has 0 aromatic heterocycles. The summed E-state index contributed by atoms with van der Waals surface area (Å²) in [5.74, 6) is 0.613. The maximum absolute atomic E-state index is 5.01. The molecule has 0 atom stereocenters.